The van der Waals surface area contributed by atoms with Gasteiger partial charge in [-0.25, -0.2) is 0 Å². The number of aryl methyl sites for hydroxylation is 1. The SMILES string of the molecule is CCNC(=O)C(C)NC(=O)c1cnc(C)cc1NCC. The summed E-state index contributed by atoms with van der Waals surface area (Å²) in [4.78, 5) is 27.9. The molecule has 0 saturated heterocycles. The fourth-order valence-electron chi connectivity index (χ4n) is 1.74. The van der Waals surface area contributed by atoms with Gasteiger partial charge in [0.05, 0.1) is 11.3 Å². The van der Waals surface area contributed by atoms with Gasteiger partial charge >= 0.3 is 0 Å². The van der Waals surface area contributed by atoms with Crippen LogP contribution in [0, 0.1) is 6.92 Å². The Hall–Kier alpha value is -2.11. The third kappa shape index (κ3) is 4.22. The van der Waals surface area contributed by atoms with Gasteiger partial charge in [0.15, 0.2) is 0 Å². The van der Waals surface area contributed by atoms with E-state index in [-0.39, 0.29) is 11.8 Å². The fourth-order valence-corrected chi connectivity index (χ4v) is 1.74. The number of nitrogens with zero attached hydrogens (tertiary/aromatic N) is 1. The predicted octanol–water partition coefficient (Wildman–Crippen LogP) is 1.08. The molecule has 0 aromatic carbocycles. The van der Waals surface area contributed by atoms with Crippen molar-refractivity contribution >= 4 is 17.5 Å². The zero-order chi connectivity index (χ0) is 15.1. The van der Waals surface area contributed by atoms with Crippen molar-refractivity contribution in [2.75, 3.05) is 18.4 Å². The summed E-state index contributed by atoms with van der Waals surface area (Å²) in [6.45, 7) is 8.54. The molecule has 0 saturated carbocycles. The number of rotatable bonds is 6. The molecule has 110 valence electrons. The molecule has 1 atom stereocenters. The predicted molar refractivity (Wildman–Crippen MR) is 78.7 cm³/mol. The summed E-state index contributed by atoms with van der Waals surface area (Å²) in [6.07, 6.45) is 1.52. The number of aromatic nitrogens is 1. The largest absolute Gasteiger partial charge is 0.385 e. The van der Waals surface area contributed by atoms with Crippen LogP contribution in [0.2, 0.25) is 0 Å². The molecule has 1 aromatic heterocycles. The topological polar surface area (TPSA) is 83.1 Å². The maximum atomic E-state index is 12.2. The van der Waals surface area contributed by atoms with Gasteiger partial charge < -0.3 is 16.0 Å². The summed E-state index contributed by atoms with van der Waals surface area (Å²) in [6, 6.07) is 1.23. The molecule has 2 amide bonds. The van der Waals surface area contributed by atoms with Crippen molar-refractivity contribution in [3.8, 4) is 0 Å². The van der Waals surface area contributed by atoms with E-state index >= 15 is 0 Å². The molecule has 3 N–H and O–H groups in total. The van der Waals surface area contributed by atoms with E-state index in [1.54, 1.807) is 6.92 Å². The van der Waals surface area contributed by atoms with Crippen molar-refractivity contribution in [3.05, 3.63) is 23.5 Å². The number of pyridine rings is 1. The Bertz CT molecular complexity index is 488. The molecule has 0 fully saturated rings. The summed E-state index contributed by atoms with van der Waals surface area (Å²) >= 11 is 0. The van der Waals surface area contributed by atoms with Crippen LogP contribution in [-0.2, 0) is 4.79 Å². The highest BCUT2D eigenvalue weighted by Gasteiger charge is 2.18. The second-order valence-electron chi connectivity index (χ2n) is 4.49. The van der Waals surface area contributed by atoms with E-state index in [9.17, 15) is 9.59 Å². The summed E-state index contributed by atoms with van der Waals surface area (Å²) in [5.74, 6) is -0.516. The Morgan fingerprint density at radius 3 is 2.60 bits per heavy atom. The van der Waals surface area contributed by atoms with Crippen LogP contribution in [0.1, 0.15) is 36.8 Å². The molecule has 1 aromatic rings. The molecule has 6 nitrogen and oxygen atoms in total. The Morgan fingerprint density at radius 1 is 1.30 bits per heavy atom. The number of hydrogen-bond donors (Lipinski definition) is 3. The second-order valence-corrected chi connectivity index (χ2v) is 4.49. The third-order valence-electron chi connectivity index (χ3n) is 2.74. The van der Waals surface area contributed by atoms with Crippen LogP contribution in [0.15, 0.2) is 12.3 Å². The van der Waals surface area contributed by atoms with E-state index < -0.39 is 6.04 Å². The molecular weight excluding hydrogens is 256 g/mol. The molecule has 1 rings (SSSR count). The van der Waals surface area contributed by atoms with E-state index in [4.69, 9.17) is 0 Å². The Morgan fingerprint density at radius 2 is 2.00 bits per heavy atom. The van der Waals surface area contributed by atoms with Crippen molar-refractivity contribution in [2.24, 2.45) is 0 Å². The van der Waals surface area contributed by atoms with Crippen LogP contribution in [0.4, 0.5) is 5.69 Å². The molecule has 1 heterocycles. The van der Waals surface area contributed by atoms with Crippen molar-refractivity contribution in [3.63, 3.8) is 0 Å². The highest BCUT2D eigenvalue weighted by atomic mass is 16.2. The van der Waals surface area contributed by atoms with E-state index in [0.717, 1.165) is 11.4 Å². The first-order valence-electron chi connectivity index (χ1n) is 6.78. The second kappa shape index (κ2) is 7.47. The zero-order valence-corrected chi connectivity index (χ0v) is 12.4. The van der Waals surface area contributed by atoms with Gasteiger partial charge in [0.25, 0.3) is 5.91 Å². The summed E-state index contributed by atoms with van der Waals surface area (Å²) in [5.41, 5.74) is 1.99. The van der Waals surface area contributed by atoms with Crippen molar-refractivity contribution < 1.29 is 9.59 Å². The number of anilines is 1. The van der Waals surface area contributed by atoms with Gasteiger partial charge in [-0.1, -0.05) is 0 Å². The quantitative estimate of drug-likeness (QED) is 0.727. The van der Waals surface area contributed by atoms with Crippen molar-refractivity contribution in [2.45, 2.75) is 33.7 Å². The molecule has 0 aliphatic carbocycles. The average Bonchev–Trinajstić information content (AvgIpc) is 2.39. The lowest BCUT2D eigenvalue weighted by molar-refractivity contribution is -0.122. The van der Waals surface area contributed by atoms with Gasteiger partial charge in [-0.05, 0) is 33.8 Å². The first kappa shape index (κ1) is 15.9. The van der Waals surface area contributed by atoms with Crippen LogP contribution in [0.3, 0.4) is 0 Å². The minimum absolute atomic E-state index is 0.203. The molecule has 0 bridgehead atoms. The highest BCUT2D eigenvalue weighted by molar-refractivity contribution is 6.01. The van der Waals surface area contributed by atoms with Gasteiger partial charge in [0.1, 0.15) is 6.04 Å². The minimum atomic E-state index is -0.585. The van der Waals surface area contributed by atoms with E-state index in [1.807, 2.05) is 26.8 Å². The molecule has 6 heteroatoms. The van der Waals surface area contributed by atoms with Gasteiger partial charge in [-0.2, -0.15) is 0 Å². The number of likely N-dealkylation sites (N-methyl/N-ethyl adjacent to an activating group) is 1. The van der Waals surface area contributed by atoms with Gasteiger partial charge in [-0.3, -0.25) is 14.6 Å². The smallest absolute Gasteiger partial charge is 0.255 e. The maximum Gasteiger partial charge on any atom is 0.255 e. The van der Waals surface area contributed by atoms with Gasteiger partial charge in [0, 0.05) is 25.0 Å². The number of nitrogens with one attached hydrogen (secondary N) is 3. The van der Waals surface area contributed by atoms with Crippen LogP contribution in [0.25, 0.3) is 0 Å². The number of amides is 2. The molecule has 1 unspecified atom stereocenters. The van der Waals surface area contributed by atoms with Crippen LogP contribution in [-0.4, -0.2) is 35.9 Å². The lowest BCUT2D eigenvalue weighted by atomic mass is 10.1. The minimum Gasteiger partial charge on any atom is -0.385 e. The Kier molecular flexibility index (Phi) is 5.96. The molecule has 0 aliphatic rings. The van der Waals surface area contributed by atoms with Crippen molar-refractivity contribution in [1.29, 1.82) is 0 Å². The fraction of sp³-hybridized carbons (Fsp3) is 0.500. The number of carbonyl (C=O) groups excluding carboxylic acids is 2. The lowest BCUT2D eigenvalue weighted by Crippen LogP contribution is -2.44. The first-order chi connectivity index (χ1) is 9.49. The Balaban J connectivity index is 2.84. The van der Waals surface area contributed by atoms with E-state index in [1.165, 1.54) is 6.20 Å². The average molecular weight is 278 g/mol. The summed E-state index contributed by atoms with van der Waals surface area (Å²) < 4.78 is 0. The van der Waals surface area contributed by atoms with Crippen LogP contribution < -0.4 is 16.0 Å². The number of carbonyl (C=O) groups is 2. The molecular formula is C14H22N4O2. The van der Waals surface area contributed by atoms with E-state index in [2.05, 4.69) is 20.9 Å². The normalized spacial score (nSPS) is 11.6. The van der Waals surface area contributed by atoms with Crippen LogP contribution in [0.5, 0.6) is 0 Å². The van der Waals surface area contributed by atoms with Crippen LogP contribution >= 0.6 is 0 Å². The summed E-state index contributed by atoms with van der Waals surface area (Å²) in [5, 5.41) is 8.46. The van der Waals surface area contributed by atoms with Gasteiger partial charge in [0.2, 0.25) is 5.91 Å². The third-order valence-corrected chi connectivity index (χ3v) is 2.74. The van der Waals surface area contributed by atoms with Gasteiger partial charge in [-0.15, -0.1) is 0 Å². The number of hydrogen-bond acceptors (Lipinski definition) is 4. The lowest BCUT2D eigenvalue weighted by Gasteiger charge is -2.15. The molecule has 0 aliphatic heterocycles. The Labute approximate surface area is 119 Å². The van der Waals surface area contributed by atoms with Crippen molar-refractivity contribution in [1.82, 2.24) is 15.6 Å². The summed E-state index contributed by atoms with van der Waals surface area (Å²) in [7, 11) is 0. The molecule has 0 spiro atoms. The maximum absolute atomic E-state index is 12.2. The monoisotopic (exact) mass is 278 g/mol. The molecule has 20 heavy (non-hydrogen) atoms. The highest BCUT2D eigenvalue weighted by Crippen LogP contribution is 2.15. The molecule has 0 radical (unpaired) electrons. The first-order valence-corrected chi connectivity index (χ1v) is 6.78. The van der Waals surface area contributed by atoms with E-state index in [0.29, 0.717) is 18.7 Å². The standard InChI is InChI=1S/C14H22N4O2/c1-5-15-12-7-9(3)17-8-11(12)14(20)18-10(4)13(19)16-6-2/h7-8,10H,5-6H2,1-4H3,(H,15,17)(H,16,19)(H,18,20). The zero-order valence-electron chi connectivity index (χ0n) is 12.4.